The molecule has 0 saturated carbocycles. The number of aliphatic hydroxyl groups is 1. The number of ether oxygens (including phenoxy) is 3. The first-order chi connectivity index (χ1) is 20.7. The minimum absolute atomic E-state index is 0.00207. The molecule has 1 atom stereocenters. The van der Waals surface area contributed by atoms with Crippen LogP contribution in [0, 0.1) is 5.92 Å². The summed E-state index contributed by atoms with van der Waals surface area (Å²) in [6.45, 7) is 7.57. The Balaban J connectivity index is 2.06. The molecule has 0 aliphatic heterocycles. The Morgan fingerprint density at radius 3 is 2.30 bits per heavy atom. The first kappa shape index (κ1) is 34.2. The number of hydrogen-bond donors (Lipinski definition) is 4. The number of hydrogen-bond acceptors (Lipinski definition) is 8. The molecule has 3 rings (SSSR count). The Bertz CT molecular complexity index is 1550. The summed E-state index contributed by atoms with van der Waals surface area (Å²) in [5, 5.41) is 21.2. The summed E-state index contributed by atoms with van der Waals surface area (Å²) in [5.74, 6) is -0.812. The highest BCUT2D eigenvalue weighted by Gasteiger charge is 2.24. The molecule has 11 nitrogen and oxygen atoms in total. The van der Waals surface area contributed by atoms with Gasteiger partial charge in [-0.2, -0.15) is 0 Å². The highest BCUT2D eigenvalue weighted by molar-refractivity contribution is 7.92. The second-order valence-corrected chi connectivity index (χ2v) is 13.0. The predicted octanol–water partition coefficient (Wildman–Crippen LogP) is 5.19. The van der Waals surface area contributed by atoms with Gasteiger partial charge in [0.2, 0.25) is 0 Å². The van der Waals surface area contributed by atoms with Crippen molar-refractivity contribution in [2.24, 2.45) is 5.92 Å². The van der Waals surface area contributed by atoms with Crippen molar-refractivity contribution in [2.75, 3.05) is 31.6 Å². The van der Waals surface area contributed by atoms with E-state index < -0.39 is 21.9 Å². The van der Waals surface area contributed by atoms with Crippen LogP contribution in [0.2, 0.25) is 0 Å². The third kappa shape index (κ3) is 9.61. The van der Waals surface area contributed by atoms with Gasteiger partial charge in [-0.3, -0.25) is 14.3 Å². The lowest BCUT2D eigenvalue weighted by molar-refractivity contribution is -0.137. The van der Waals surface area contributed by atoms with Crippen LogP contribution < -0.4 is 24.2 Å². The smallest absolute Gasteiger partial charge is 0.303 e. The summed E-state index contributed by atoms with van der Waals surface area (Å²) in [5.41, 5.74) is 0.753. The van der Waals surface area contributed by atoms with Gasteiger partial charge in [-0.05, 0) is 59.7 Å². The van der Waals surface area contributed by atoms with Crippen LogP contribution >= 0.6 is 0 Å². The molecule has 1 unspecified atom stereocenters. The molecule has 3 aromatic rings. The number of methoxy groups -OCH3 is 1. The number of sulfonamides is 1. The topological polar surface area (TPSA) is 160 Å². The van der Waals surface area contributed by atoms with Crippen LogP contribution in [0.15, 0.2) is 65.6 Å². The van der Waals surface area contributed by atoms with Gasteiger partial charge in [-0.15, -0.1) is 0 Å². The number of aliphatic carboxylic acids is 1. The number of amides is 1. The summed E-state index contributed by atoms with van der Waals surface area (Å²) in [6, 6.07) is 15.9. The van der Waals surface area contributed by atoms with Crippen molar-refractivity contribution < 1.29 is 42.4 Å². The number of aliphatic hydroxyl groups excluding tert-OH is 1. The molecule has 0 bridgehead atoms. The van der Waals surface area contributed by atoms with Crippen molar-refractivity contribution in [1.29, 1.82) is 0 Å². The van der Waals surface area contributed by atoms with Crippen LogP contribution in [0.1, 0.15) is 56.5 Å². The normalized spacial score (nSPS) is 12.2. The second kappa shape index (κ2) is 14.9. The minimum atomic E-state index is -4.17. The molecule has 0 aliphatic rings. The third-order valence-corrected chi connectivity index (χ3v) is 8.05. The lowest BCUT2D eigenvalue weighted by atomic mass is 9.87. The zero-order valence-electron chi connectivity index (χ0n) is 25.5. The molecule has 0 heterocycles. The largest absolute Gasteiger partial charge is 0.497 e. The Labute approximate surface area is 258 Å². The van der Waals surface area contributed by atoms with Crippen molar-refractivity contribution in [2.45, 2.75) is 50.8 Å². The van der Waals surface area contributed by atoms with E-state index in [1.807, 2.05) is 27.7 Å². The molecule has 1 amide bonds. The zero-order valence-corrected chi connectivity index (χ0v) is 26.4. The van der Waals surface area contributed by atoms with Gasteiger partial charge in [0.15, 0.2) is 11.5 Å². The first-order valence-electron chi connectivity index (χ1n) is 14.1. The van der Waals surface area contributed by atoms with E-state index in [4.69, 9.17) is 19.3 Å². The Morgan fingerprint density at radius 1 is 1.00 bits per heavy atom. The van der Waals surface area contributed by atoms with Crippen LogP contribution in [0.3, 0.4) is 0 Å². The fraction of sp³-hybridized carbons (Fsp3) is 0.375. The van der Waals surface area contributed by atoms with E-state index in [9.17, 15) is 23.1 Å². The molecule has 238 valence electrons. The highest BCUT2D eigenvalue weighted by atomic mass is 32.2. The molecule has 0 fully saturated rings. The Kier molecular flexibility index (Phi) is 11.6. The number of nitrogens with one attached hydrogen (secondary N) is 2. The molecule has 0 aromatic heterocycles. The van der Waals surface area contributed by atoms with E-state index in [1.54, 1.807) is 36.4 Å². The van der Waals surface area contributed by atoms with E-state index in [2.05, 4.69) is 10.0 Å². The number of benzene rings is 3. The monoisotopic (exact) mass is 628 g/mol. The Morgan fingerprint density at radius 2 is 1.68 bits per heavy atom. The summed E-state index contributed by atoms with van der Waals surface area (Å²) < 4.78 is 46.9. The maximum Gasteiger partial charge on any atom is 0.303 e. The van der Waals surface area contributed by atoms with Gasteiger partial charge in [0.05, 0.1) is 24.3 Å². The molecular formula is C32H40N2O9S. The second-order valence-electron chi connectivity index (χ2n) is 11.3. The summed E-state index contributed by atoms with van der Waals surface area (Å²) in [6.07, 6.45) is 0.335. The molecule has 0 spiro atoms. The molecule has 0 saturated heterocycles. The SMILES string of the molecule is COc1cccc(Oc2c(NS(=O)(=O)c3ccc(C(C)(C)C)cc3)cc(C(=O)NCC(C)CCC(=O)O)cc2OCCO)c1. The van der Waals surface area contributed by atoms with Crippen molar-refractivity contribution in [3.63, 3.8) is 0 Å². The van der Waals surface area contributed by atoms with Crippen molar-refractivity contribution in [3.05, 3.63) is 71.8 Å². The van der Waals surface area contributed by atoms with Gasteiger partial charge in [0.25, 0.3) is 15.9 Å². The van der Waals surface area contributed by atoms with Crippen LogP contribution in [0.25, 0.3) is 0 Å². The number of carboxylic acid groups (broad SMARTS) is 1. The van der Waals surface area contributed by atoms with Gasteiger partial charge in [0, 0.05) is 24.6 Å². The Hall–Kier alpha value is -4.29. The molecule has 44 heavy (non-hydrogen) atoms. The van der Waals surface area contributed by atoms with E-state index in [0.29, 0.717) is 17.9 Å². The summed E-state index contributed by atoms with van der Waals surface area (Å²) in [7, 11) is -2.68. The van der Waals surface area contributed by atoms with Crippen LogP contribution in [-0.4, -0.2) is 57.4 Å². The number of rotatable bonds is 15. The number of carboxylic acids is 1. The van der Waals surface area contributed by atoms with Crippen LogP contribution in [-0.2, 0) is 20.2 Å². The fourth-order valence-corrected chi connectivity index (χ4v) is 5.19. The lowest BCUT2D eigenvalue weighted by Gasteiger charge is -2.21. The van der Waals surface area contributed by atoms with E-state index in [1.165, 1.54) is 31.4 Å². The van der Waals surface area contributed by atoms with Gasteiger partial charge in [-0.25, -0.2) is 8.42 Å². The summed E-state index contributed by atoms with van der Waals surface area (Å²) in [4.78, 5) is 24.1. The molecule has 4 N–H and O–H groups in total. The van der Waals surface area contributed by atoms with E-state index >= 15 is 0 Å². The maximum atomic E-state index is 13.6. The van der Waals surface area contributed by atoms with E-state index in [-0.39, 0.29) is 65.2 Å². The zero-order chi connectivity index (χ0) is 32.5. The molecule has 0 aliphatic carbocycles. The standard InChI is InChI=1S/C32H40N2O9S/c1-21(9-14-29(36)37)20-33-31(38)22-17-27(34-44(39,40)26-12-10-23(11-13-26)32(2,3)4)30(28(18-22)42-16-15-35)43-25-8-6-7-24(19-25)41-5/h6-8,10-13,17-19,21,34-35H,9,14-16,20H2,1-5H3,(H,33,38)(H,36,37). The first-order valence-corrected chi connectivity index (χ1v) is 15.6. The van der Waals surface area contributed by atoms with Crippen molar-refractivity contribution in [3.8, 4) is 23.0 Å². The van der Waals surface area contributed by atoms with Crippen molar-refractivity contribution in [1.82, 2.24) is 5.32 Å². The lowest BCUT2D eigenvalue weighted by Crippen LogP contribution is -2.28. The van der Waals surface area contributed by atoms with Gasteiger partial charge < -0.3 is 29.7 Å². The molecule has 12 heteroatoms. The highest BCUT2D eigenvalue weighted by Crippen LogP contribution is 2.42. The van der Waals surface area contributed by atoms with Crippen LogP contribution in [0.4, 0.5) is 5.69 Å². The average Bonchev–Trinajstić information content (AvgIpc) is 2.98. The predicted molar refractivity (Wildman–Crippen MR) is 166 cm³/mol. The number of anilines is 1. The number of carbonyl (C=O) groups excluding carboxylic acids is 1. The average molecular weight is 629 g/mol. The van der Waals surface area contributed by atoms with Gasteiger partial charge >= 0.3 is 5.97 Å². The molecular weight excluding hydrogens is 588 g/mol. The van der Waals surface area contributed by atoms with E-state index in [0.717, 1.165) is 5.56 Å². The molecule has 3 aromatic carbocycles. The van der Waals surface area contributed by atoms with Crippen LogP contribution in [0.5, 0.6) is 23.0 Å². The quantitative estimate of drug-likeness (QED) is 0.178. The number of carbonyl (C=O) groups is 2. The van der Waals surface area contributed by atoms with Crippen molar-refractivity contribution >= 4 is 27.6 Å². The van der Waals surface area contributed by atoms with Gasteiger partial charge in [-0.1, -0.05) is 45.9 Å². The maximum absolute atomic E-state index is 13.6. The van der Waals surface area contributed by atoms with Gasteiger partial charge in [0.1, 0.15) is 18.1 Å². The third-order valence-electron chi connectivity index (χ3n) is 6.66. The summed E-state index contributed by atoms with van der Waals surface area (Å²) >= 11 is 0. The minimum Gasteiger partial charge on any atom is -0.497 e. The molecule has 0 radical (unpaired) electrons. The fourth-order valence-electron chi connectivity index (χ4n) is 4.14.